The van der Waals surface area contributed by atoms with E-state index in [1.165, 1.54) is 37.0 Å². The largest absolute Gasteiger partial charge is 0.394 e. The highest BCUT2D eigenvalue weighted by Gasteiger charge is 2.69. The van der Waals surface area contributed by atoms with E-state index in [2.05, 4.69) is 39.1 Å². The molecule has 62 heavy (non-hydrogen) atoms. The van der Waals surface area contributed by atoms with Crippen molar-refractivity contribution in [3.8, 4) is 0 Å². The van der Waals surface area contributed by atoms with Crippen LogP contribution in [-0.4, -0.2) is 135 Å². The van der Waals surface area contributed by atoms with Gasteiger partial charge in [-0.25, -0.2) is 0 Å². The van der Waals surface area contributed by atoms with Gasteiger partial charge in [0.2, 0.25) is 5.91 Å². The Bertz CT molecular complexity index is 1610. The summed E-state index contributed by atoms with van der Waals surface area (Å²) in [6.07, 6.45) is 4.30. The molecule has 3 saturated carbocycles. The van der Waals surface area contributed by atoms with E-state index in [-0.39, 0.29) is 35.4 Å². The van der Waals surface area contributed by atoms with E-state index in [4.69, 9.17) is 28.4 Å². The Morgan fingerprint density at radius 1 is 0.919 bits per heavy atom. The SMILES string of the molecule is C[C@@H]1CC[C@@]2(OC1)O[C@H]1C[C@H]3[C@@H]4CC=C5C[C@@H](O[C@@H]6O[C@H](CO)[C@@H](O[C@@H]7O[C@@H](C)[C@H](O)[C@@H](O)[C@H]7O)[C@H](O)[C@H]6NC(=O)CCCCC6CCSS6)CC[C@]5(C)[C@H]4CC[C@]3(C)[C@H]1[C@@H]2C. The lowest BCUT2D eigenvalue weighted by atomic mass is 9.47. The van der Waals surface area contributed by atoms with Gasteiger partial charge in [-0.2, -0.15) is 0 Å². The van der Waals surface area contributed by atoms with Crippen molar-refractivity contribution in [1.82, 2.24) is 5.32 Å². The number of aliphatic hydroxyl groups excluding tert-OH is 5. The molecule has 5 heterocycles. The first-order chi connectivity index (χ1) is 29.7. The molecule has 13 nitrogen and oxygen atoms in total. The molecule has 6 N–H and O–H groups in total. The molecule has 4 aliphatic carbocycles. The molecule has 9 aliphatic rings. The van der Waals surface area contributed by atoms with Crippen molar-refractivity contribution in [2.45, 2.75) is 209 Å². The number of fused-ring (bicyclic) bond motifs is 7. The summed E-state index contributed by atoms with van der Waals surface area (Å²) in [5.74, 6) is 3.83. The number of carbonyl (C=O) groups is 1. The number of carbonyl (C=O) groups excluding carboxylic acids is 1. The van der Waals surface area contributed by atoms with Gasteiger partial charge in [0.1, 0.15) is 42.7 Å². The van der Waals surface area contributed by atoms with E-state index in [1.54, 1.807) is 6.92 Å². The fourth-order valence-corrected chi connectivity index (χ4v) is 17.2. The number of hydrogen-bond acceptors (Lipinski definition) is 14. The maximum atomic E-state index is 13.6. The van der Waals surface area contributed by atoms with E-state index < -0.39 is 73.7 Å². The Hall–Kier alpha value is -0.530. The molecule has 15 heteroatoms. The highest BCUT2D eigenvalue weighted by atomic mass is 33.1. The molecular weight excluding hydrogens is 835 g/mol. The summed E-state index contributed by atoms with van der Waals surface area (Å²) in [4.78, 5) is 13.6. The Kier molecular flexibility index (Phi) is 13.9. The highest BCUT2D eigenvalue weighted by molar-refractivity contribution is 8.77. The Morgan fingerprint density at radius 3 is 2.48 bits per heavy atom. The molecule has 5 saturated heterocycles. The van der Waals surface area contributed by atoms with Crippen molar-refractivity contribution < 1.29 is 58.7 Å². The number of ether oxygens (including phenoxy) is 6. The van der Waals surface area contributed by atoms with Crippen LogP contribution in [0, 0.1) is 46.3 Å². The third kappa shape index (κ3) is 8.41. The minimum Gasteiger partial charge on any atom is -0.394 e. The van der Waals surface area contributed by atoms with E-state index >= 15 is 0 Å². The van der Waals surface area contributed by atoms with Crippen LogP contribution in [0.4, 0.5) is 0 Å². The van der Waals surface area contributed by atoms with Gasteiger partial charge in [0.15, 0.2) is 18.4 Å². The molecule has 8 fully saturated rings. The summed E-state index contributed by atoms with van der Waals surface area (Å²) < 4.78 is 38.6. The number of nitrogens with one attached hydrogen (secondary N) is 1. The highest BCUT2D eigenvalue weighted by Crippen LogP contribution is 2.70. The van der Waals surface area contributed by atoms with Crippen LogP contribution in [0.3, 0.4) is 0 Å². The number of rotatable bonds is 11. The van der Waals surface area contributed by atoms with Gasteiger partial charge in [-0.1, -0.05) is 67.4 Å². The quantitative estimate of drug-likeness (QED) is 0.0900. The van der Waals surface area contributed by atoms with Gasteiger partial charge in [-0.05, 0) is 118 Å². The number of unbranched alkanes of at least 4 members (excludes halogenated alkanes) is 1. The Labute approximate surface area is 376 Å². The topological polar surface area (TPSA) is 186 Å². The van der Waals surface area contributed by atoms with Crippen molar-refractivity contribution >= 4 is 27.5 Å². The molecule has 9 rings (SSSR count). The number of amides is 1. The zero-order valence-corrected chi connectivity index (χ0v) is 39.1. The van der Waals surface area contributed by atoms with E-state index in [9.17, 15) is 30.3 Å². The van der Waals surface area contributed by atoms with Crippen LogP contribution in [0.25, 0.3) is 0 Å². The van der Waals surface area contributed by atoms with Gasteiger partial charge in [-0.3, -0.25) is 4.79 Å². The first-order valence-electron chi connectivity index (χ1n) is 24.2. The van der Waals surface area contributed by atoms with Crippen LogP contribution in [0.1, 0.15) is 125 Å². The van der Waals surface area contributed by atoms with Crippen LogP contribution in [0.5, 0.6) is 0 Å². The summed E-state index contributed by atoms with van der Waals surface area (Å²) in [7, 11) is 3.84. The lowest BCUT2D eigenvalue weighted by molar-refractivity contribution is -0.347. The molecule has 22 atom stereocenters. The summed E-state index contributed by atoms with van der Waals surface area (Å²) >= 11 is 0. The number of aliphatic hydroxyl groups is 5. The van der Waals surface area contributed by atoms with Crippen molar-refractivity contribution in [3.63, 3.8) is 0 Å². The standard InChI is InChI=1S/C47H75NO12S2/c1-24-12-18-47(55-23-24)25(2)36-33(60-47)21-32-30-11-10-27-20-28(13-16-45(27,4)31(30)14-17-46(32,36)5)57-43-37(48-35(50)9-7-6-8-29-15-19-61-62-29)39(52)42(34(22-49)58-43)59-44-41(54)40(53)38(51)26(3)56-44/h10,24-26,28-34,36-44,49,51-54H,6-9,11-23H2,1-5H3,(H,48,50)/t24-,25+,26+,28+,29?,30-,31+,32+,33+,34-,36+,37-,38+,39-,40-,41-,42-,43-,44+,45+,46+,47-/m1/s1. The van der Waals surface area contributed by atoms with Gasteiger partial charge in [0, 0.05) is 29.8 Å². The van der Waals surface area contributed by atoms with Crippen molar-refractivity contribution in [3.05, 3.63) is 11.6 Å². The lowest BCUT2D eigenvalue weighted by Gasteiger charge is -2.58. The Balaban J connectivity index is 0.878. The molecule has 0 bridgehead atoms. The van der Waals surface area contributed by atoms with Gasteiger partial charge >= 0.3 is 0 Å². The molecule has 0 radical (unpaired) electrons. The molecule has 0 aromatic carbocycles. The Morgan fingerprint density at radius 2 is 1.74 bits per heavy atom. The van der Waals surface area contributed by atoms with Gasteiger partial charge in [-0.15, -0.1) is 0 Å². The zero-order chi connectivity index (χ0) is 43.7. The molecule has 1 unspecified atom stereocenters. The number of hydrogen-bond donors (Lipinski definition) is 6. The average molecular weight is 910 g/mol. The van der Waals surface area contributed by atoms with Crippen molar-refractivity contribution in [2.75, 3.05) is 19.0 Å². The van der Waals surface area contributed by atoms with Crippen molar-refractivity contribution in [1.29, 1.82) is 0 Å². The minimum absolute atomic E-state index is 0.0526. The van der Waals surface area contributed by atoms with Crippen LogP contribution in [0.15, 0.2) is 11.6 Å². The van der Waals surface area contributed by atoms with Crippen LogP contribution < -0.4 is 5.32 Å². The third-order valence-electron chi connectivity index (χ3n) is 17.8. The normalized spacial score (nSPS) is 52.5. The molecule has 0 aromatic heterocycles. The predicted molar refractivity (Wildman–Crippen MR) is 234 cm³/mol. The smallest absolute Gasteiger partial charge is 0.220 e. The molecule has 0 aromatic rings. The van der Waals surface area contributed by atoms with E-state index in [0.717, 1.165) is 58.0 Å². The first kappa shape index (κ1) is 46.6. The van der Waals surface area contributed by atoms with Crippen LogP contribution in [0.2, 0.25) is 0 Å². The maximum absolute atomic E-state index is 13.6. The molecule has 1 amide bonds. The molecular formula is C47H75NO12S2. The summed E-state index contributed by atoms with van der Waals surface area (Å²) in [6, 6.07) is -1.05. The zero-order valence-electron chi connectivity index (χ0n) is 37.5. The van der Waals surface area contributed by atoms with E-state index in [0.29, 0.717) is 47.2 Å². The summed E-state index contributed by atoms with van der Waals surface area (Å²) in [5, 5.41) is 57.8. The van der Waals surface area contributed by atoms with E-state index in [1.807, 2.05) is 21.6 Å². The monoisotopic (exact) mass is 909 g/mol. The average Bonchev–Trinajstić information content (AvgIpc) is 3.95. The lowest BCUT2D eigenvalue weighted by Crippen LogP contribution is -2.67. The summed E-state index contributed by atoms with van der Waals surface area (Å²) in [5.41, 5.74) is 1.72. The molecule has 1 spiro atoms. The predicted octanol–water partition coefficient (Wildman–Crippen LogP) is 5.23. The van der Waals surface area contributed by atoms with Crippen molar-refractivity contribution in [2.24, 2.45) is 46.3 Å². The van der Waals surface area contributed by atoms with Gasteiger partial charge in [0.25, 0.3) is 0 Å². The minimum atomic E-state index is -1.62. The molecule has 352 valence electrons. The fourth-order valence-electron chi connectivity index (χ4n) is 14.2. The fraction of sp³-hybridized carbons (Fsp3) is 0.936. The first-order valence-corrected chi connectivity index (χ1v) is 26.6. The third-order valence-corrected chi connectivity index (χ3v) is 20.8. The second-order valence-electron chi connectivity index (χ2n) is 21.4. The van der Waals surface area contributed by atoms with Gasteiger partial charge < -0.3 is 59.3 Å². The maximum Gasteiger partial charge on any atom is 0.220 e. The molecule has 5 aliphatic heterocycles. The van der Waals surface area contributed by atoms with Crippen LogP contribution in [-0.2, 0) is 33.2 Å². The van der Waals surface area contributed by atoms with Gasteiger partial charge in [0.05, 0.1) is 31.5 Å². The summed E-state index contributed by atoms with van der Waals surface area (Å²) in [6.45, 7) is 11.5. The number of allylic oxidation sites excluding steroid dienone is 1. The van der Waals surface area contributed by atoms with Crippen LogP contribution >= 0.6 is 21.6 Å². The second-order valence-corrected chi connectivity index (χ2v) is 24.2. The second kappa shape index (κ2) is 18.5.